The number of rotatable bonds is 6. The van der Waals surface area contributed by atoms with E-state index in [2.05, 4.69) is 12.1 Å². The number of ketones is 1. The molecule has 0 aromatic heterocycles. The van der Waals surface area contributed by atoms with Crippen molar-refractivity contribution < 1.29 is 14.3 Å². The first-order chi connectivity index (χ1) is 12.2. The number of amides is 1. The molecular weight excluding hydrogens is 314 g/mol. The second-order valence-electron chi connectivity index (χ2n) is 6.34. The van der Waals surface area contributed by atoms with Gasteiger partial charge in [-0.1, -0.05) is 60.7 Å². The van der Waals surface area contributed by atoms with Gasteiger partial charge in [0.2, 0.25) is 5.78 Å². The molecule has 2 aromatic carbocycles. The van der Waals surface area contributed by atoms with Crippen molar-refractivity contribution in [2.45, 2.75) is 25.4 Å². The van der Waals surface area contributed by atoms with Crippen LogP contribution in [0.3, 0.4) is 0 Å². The molecule has 2 aromatic rings. The van der Waals surface area contributed by atoms with Crippen molar-refractivity contribution in [2.24, 2.45) is 0 Å². The zero-order chi connectivity index (χ0) is 17.5. The number of carbonyl (C=O) groups excluding carboxylic acids is 2. The van der Waals surface area contributed by atoms with Crippen molar-refractivity contribution in [3.8, 4) is 0 Å². The summed E-state index contributed by atoms with van der Waals surface area (Å²) in [6, 6.07) is 19.8. The van der Waals surface area contributed by atoms with Gasteiger partial charge in [0.05, 0.1) is 12.7 Å². The molecule has 1 atom stereocenters. The van der Waals surface area contributed by atoms with Crippen LogP contribution < -0.4 is 0 Å². The normalized spacial score (nSPS) is 17.3. The second kappa shape index (κ2) is 8.58. The van der Waals surface area contributed by atoms with Gasteiger partial charge in [-0.15, -0.1) is 0 Å². The molecule has 0 bridgehead atoms. The van der Waals surface area contributed by atoms with Gasteiger partial charge >= 0.3 is 0 Å². The summed E-state index contributed by atoms with van der Waals surface area (Å²) < 4.78 is 5.77. The first-order valence-corrected chi connectivity index (χ1v) is 8.74. The summed E-state index contributed by atoms with van der Waals surface area (Å²) in [5.41, 5.74) is 2.25. The fourth-order valence-corrected chi connectivity index (χ4v) is 3.09. The third-order valence-corrected chi connectivity index (χ3v) is 4.45. The SMILES string of the molecule is O=C(CCc1ccccc1)C(=O)N1CCO[C@H](Cc2ccccc2)C1. The van der Waals surface area contributed by atoms with E-state index in [-0.39, 0.29) is 24.2 Å². The van der Waals surface area contributed by atoms with Crippen LogP contribution in [0.25, 0.3) is 0 Å². The van der Waals surface area contributed by atoms with Crippen LogP contribution in [0.1, 0.15) is 17.5 Å². The molecule has 1 saturated heterocycles. The summed E-state index contributed by atoms with van der Waals surface area (Å²) in [7, 11) is 0. The number of hydrogen-bond donors (Lipinski definition) is 0. The number of morpholine rings is 1. The topological polar surface area (TPSA) is 46.6 Å². The van der Waals surface area contributed by atoms with E-state index in [1.54, 1.807) is 4.90 Å². The fourth-order valence-electron chi connectivity index (χ4n) is 3.09. The first kappa shape index (κ1) is 17.4. The molecule has 4 heteroatoms. The third kappa shape index (κ3) is 5.00. The Morgan fingerprint density at radius 2 is 1.60 bits per heavy atom. The highest BCUT2D eigenvalue weighted by atomic mass is 16.5. The van der Waals surface area contributed by atoms with Crippen LogP contribution in [0, 0.1) is 0 Å². The predicted molar refractivity (Wildman–Crippen MR) is 96.2 cm³/mol. The average Bonchev–Trinajstić information content (AvgIpc) is 2.67. The van der Waals surface area contributed by atoms with E-state index < -0.39 is 0 Å². The molecule has 1 aliphatic heterocycles. The number of carbonyl (C=O) groups is 2. The maximum Gasteiger partial charge on any atom is 0.290 e. The molecule has 1 amide bonds. The highest BCUT2D eigenvalue weighted by molar-refractivity contribution is 6.36. The molecule has 0 aliphatic carbocycles. The van der Waals surface area contributed by atoms with Crippen molar-refractivity contribution in [3.63, 3.8) is 0 Å². The Morgan fingerprint density at radius 3 is 2.28 bits per heavy atom. The summed E-state index contributed by atoms with van der Waals surface area (Å²) in [6.07, 6.45) is 1.55. The highest BCUT2D eigenvalue weighted by Crippen LogP contribution is 2.13. The van der Waals surface area contributed by atoms with Gasteiger partial charge in [0.25, 0.3) is 5.91 Å². The lowest BCUT2D eigenvalue weighted by Crippen LogP contribution is -2.48. The van der Waals surface area contributed by atoms with E-state index in [1.807, 2.05) is 48.5 Å². The molecule has 1 fully saturated rings. The lowest BCUT2D eigenvalue weighted by atomic mass is 10.1. The minimum Gasteiger partial charge on any atom is -0.374 e. The number of aryl methyl sites for hydroxylation is 1. The van der Waals surface area contributed by atoms with Crippen molar-refractivity contribution in [1.29, 1.82) is 0 Å². The van der Waals surface area contributed by atoms with E-state index in [1.165, 1.54) is 5.56 Å². The van der Waals surface area contributed by atoms with Crippen LogP contribution in [0.4, 0.5) is 0 Å². The largest absolute Gasteiger partial charge is 0.374 e. The van der Waals surface area contributed by atoms with Crippen molar-refractivity contribution in [3.05, 3.63) is 71.8 Å². The molecule has 25 heavy (non-hydrogen) atoms. The van der Waals surface area contributed by atoms with E-state index in [0.29, 0.717) is 26.1 Å². The Hall–Kier alpha value is -2.46. The van der Waals surface area contributed by atoms with Crippen molar-refractivity contribution in [1.82, 2.24) is 4.90 Å². The summed E-state index contributed by atoms with van der Waals surface area (Å²) in [4.78, 5) is 26.3. The van der Waals surface area contributed by atoms with Crippen molar-refractivity contribution in [2.75, 3.05) is 19.7 Å². The maximum absolute atomic E-state index is 12.4. The van der Waals surface area contributed by atoms with E-state index >= 15 is 0 Å². The quantitative estimate of drug-likeness (QED) is 0.762. The molecule has 1 aliphatic rings. The zero-order valence-electron chi connectivity index (χ0n) is 14.3. The minimum atomic E-state index is -0.378. The molecule has 0 N–H and O–H groups in total. The Kier molecular flexibility index (Phi) is 5.96. The van der Waals surface area contributed by atoms with E-state index in [4.69, 9.17) is 4.74 Å². The Bertz CT molecular complexity index is 700. The molecule has 3 rings (SSSR count). The van der Waals surface area contributed by atoms with Crippen molar-refractivity contribution >= 4 is 11.7 Å². The molecule has 1 heterocycles. The number of ether oxygens (including phenoxy) is 1. The second-order valence-corrected chi connectivity index (χ2v) is 6.34. The van der Waals surface area contributed by atoms with Gasteiger partial charge in [0.15, 0.2) is 0 Å². The van der Waals surface area contributed by atoms with E-state index in [0.717, 1.165) is 12.0 Å². The van der Waals surface area contributed by atoms with Gasteiger partial charge in [0, 0.05) is 25.9 Å². The number of nitrogens with zero attached hydrogens (tertiary/aromatic N) is 1. The Morgan fingerprint density at radius 1 is 0.960 bits per heavy atom. The highest BCUT2D eigenvalue weighted by Gasteiger charge is 2.28. The van der Waals surface area contributed by atoms with Crippen LogP contribution in [0.5, 0.6) is 0 Å². The average molecular weight is 337 g/mol. The van der Waals surface area contributed by atoms with Gasteiger partial charge in [0.1, 0.15) is 0 Å². The molecule has 0 spiro atoms. The number of hydrogen-bond acceptors (Lipinski definition) is 3. The maximum atomic E-state index is 12.4. The van der Waals surface area contributed by atoms with Gasteiger partial charge < -0.3 is 9.64 Å². The van der Waals surface area contributed by atoms with E-state index in [9.17, 15) is 9.59 Å². The van der Waals surface area contributed by atoms with Crippen LogP contribution in [-0.4, -0.2) is 42.4 Å². The summed E-state index contributed by atoms with van der Waals surface area (Å²) in [6.45, 7) is 1.45. The van der Waals surface area contributed by atoms with Gasteiger partial charge in [-0.05, 0) is 17.5 Å². The summed E-state index contributed by atoms with van der Waals surface area (Å²) in [5.74, 6) is -0.693. The van der Waals surface area contributed by atoms with Crippen LogP contribution in [0.15, 0.2) is 60.7 Å². The fraction of sp³-hybridized carbons (Fsp3) is 0.333. The monoisotopic (exact) mass is 337 g/mol. The van der Waals surface area contributed by atoms with Crippen LogP contribution in [0.2, 0.25) is 0 Å². The van der Waals surface area contributed by atoms with Crippen LogP contribution >= 0.6 is 0 Å². The smallest absolute Gasteiger partial charge is 0.290 e. The Labute approximate surface area is 148 Å². The Balaban J connectivity index is 1.51. The molecule has 0 saturated carbocycles. The lowest BCUT2D eigenvalue weighted by Gasteiger charge is -2.32. The standard InChI is InChI=1S/C21H23NO3/c23-20(12-11-17-7-3-1-4-8-17)21(24)22-13-14-25-19(16-22)15-18-9-5-2-6-10-18/h1-10,19H,11-16H2/t19-/m1/s1. The predicted octanol–water partition coefficient (Wildman–Crippen LogP) is 2.66. The summed E-state index contributed by atoms with van der Waals surface area (Å²) >= 11 is 0. The van der Waals surface area contributed by atoms with Gasteiger partial charge in [-0.25, -0.2) is 0 Å². The minimum absolute atomic E-state index is 0.0537. The third-order valence-electron chi connectivity index (χ3n) is 4.45. The molecule has 0 unspecified atom stereocenters. The molecule has 130 valence electrons. The lowest BCUT2D eigenvalue weighted by molar-refractivity contribution is -0.149. The molecule has 4 nitrogen and oxygen atoms in total. The van der Waals surface area contributed by atoms with Gasteiger partial charge in [-0.2, -0.15) is 0 Å². The summed E-state index contributed by atoms with van der Waals surface area (Å²) in [5, 5.41) is 0. The first-order valence-electron chi connectivity index (χ1n) is 8.74. The van der Waals surface area contributed by atoms with Gasteiger partial charge in [-0.3, -0.25) is 9.59 Å². The number of Topliss-reactive ketones (excluding diaryl/α,β-unsaturated/α-hetero) is 1. The zero-order valence-corrected chi connectivity index (χ0v) is 14.3. The molecule has 0 radical (unpaired) electrons. The molecular formula is C21H23NO3. The number of benzene rings is 2. The van der Waals surface area contributed by atoms with Crippen LogP contribution in [-0.2, 0) is 27.2 Å².